The Bertz CT molecular complexity index is 790. The molecule has 29 heavy (non-hydrogen) atoms. The fourth-order valence-corrected chi connectivity index (χ4v) is 4.73. The Hall–Kier alpha value is -2.57. The van der Waals surface area contributed by atoms with Crippen LogP contribution in [-0.4, -0.2) is 70.8 Å². The second-order valence-electron chi connectivity index (χ2n) is 8.49. The fourth-order valence-electron chi connectivity index (χ4n) is 4.73. The molecule has 7 nitrogen and oxygen atoms in total. The number of nitrogens with zero attached hydrogens (tertiary/aromatic N) is 3. The van der Waals surface area contributed by atoms with Gasteiger partial charge in [0.05, 0.1) is 0 Å². The van der Waals surface area contributed by atoms with Gasteiger partial charge in [0.1, 0.15) is 12.6 Å². The van der Waals surface area contributed by atoms with Crippen molar-refractivity contribution in [1.29, 1.82) is 0 Å². The summed E-state index contributed by atoms with van der Waals surface area (Å²) in [6.45, 7) is 3.97. The van der Waals surface area contributed by atoms with Crippen molar-refractivity contribution >= 4 is 17.8 Å². The first-order chi connectivity index (χ1) is 14.0. The van der Waals surface area contributed by atoms with Crippen molar-refractivity contribution in [3.8, 4) is 0 Å². The standard InChI is InChI=1S/C22H30N4O3/c1-16-5-4-6-17(13-16)14-25-15-20(27)26-12-11-24(10-9-19(26)21(25)28)22(29)23-18-7-2-3-8-18/h4-6,13,18-19H,2-3,7-12,14-15H2,1H3,(H,23,29). The van der Waals surface area contributed by atoms with E-state index in [1.165, 1.54) is 12.8 Å². The van der Waals surface area contributed by atoms with Gasteiger partial charge < -0.3 is 20.0 Å². The Balaban J connectivity index is 1.40. The van der Waals surface area contributed by atoms with E-state index in [-0.39, 0.29) is 30.4 Å². The highest BCUT2D eigenvalue weighted by atomic mass is 16.2. The molecule has 0 bridgehead atoms. The van der Waals surface area contributed by atoms with Crippen LogP contribution in [0.4, 0.5) is 4.79 Å². The zero-order valence-corrected chi connectivity index (χ0v) is 17.1. The average Bonchev–Trinajstić information content (AvgIpc) is 3.08. The summed E-state index contributed by atoms with van der Waals surface area (Å²) in [6, 6.07) is 7.76. The molecule has 4 amide bonds. The lowest BCUT2D eigenvalue weighted by atomic mass is 10.1. The molecule has 0 aromatic heterocycles. The van der Waals surface area contributed by atoms with Crippen LogP contribution in [-0.2, 0) is 16.1 Å². The third-order valence-corrected chi connectivity index (χ3v) is 6.33. The molecule has 4 rings (SSSR count). The van der Waals surface area contributed by atoms with Gasteiger partial charge in [-0.15, -0.1) is 0 Å². The van der Waals surface area contributed by atoms with Gasteiger partial charge in [-0.1, -0.05) is 42.7 Å². The lowest BCUT2D eigenvalue weighted by Crippen LogP contribution is -2.59. The Morgan fingerprint density at radius 3 is 2.66 bits per heavy atom. The molecule has 3 fully saturated rings. The van der Waals surface area contributed by atoms with E-state index >= 15 is 0 Å². The van der Waals surface area contributed by atoms with Crippen molar-refractivity contribution in [3.05, 3.63) is 35.4 Å². The van der Waals surface area contributed by atoms with E-state index < -0.39 is 6.04 Å². The number of piperazine rings is 1. The van der Waals surface area contributed by atoms with Gasteiger partial charge >= 0.3 is 6.03 Å². The van der Waals surface area contributed by atoms with Gasteiger partial charge in [0, 0.05) is 32.2 Å². The normalized spacial score (nSPS) is 23.2. The van der Waals surface area contributed by atoms with Crippen LogP contribution in [0.2, 0.25) is 0 Å². The van der Waals surface area contributed by atoms with E-state index in [4.69, 9.17) is 0 Å². The molecule has 2 aliphatic heterocycles. The summed E-state index contributed by atoms with van der Waals surface area (Å²) in [5.41, 5.74) is 2.17. The molecular formula is C22H30N4O3. The van der Waals surface area contributed by atoms with Crippen LogP contribution < -0.4 is 5.32 Å². The third kappa shape index (κ3) is 4.38. The SMILES string of the molecule is Cc1cccc(CN2CC(=O)N3CCN(C(=O)NC4CCCC4)CCC3C2=O)c1. The summed E-state index contributed by atoms with van der Waals surface area (Å²) >= 11 is 0. The van der Waals surface area contributed by atoms with E-state index in [1.54, 1.807) is 14.7 Å². The molecule has 156 valence electrons. The molecule has 1 aromatic rings. The largest absolute Gasteiger partial charge is 0.335 e. The van der Waals surface area contributed by atoms with Crippen LogP contribution in [0, 0.1) is 6.92 Å². The zero-order valence-electron chi connectivity index (χ0n) is 17.1. The quantitative estimate of drug-likeness (QED) is 0.845. The van der Waals surface area contributed by atoms with Crippen LogP contribution in [0.15, 0.2) is 24.3 Å². The number of amides is 4. The van der Waals surface area contributed by atoms with Gasteiger partial charge in [0.25, 0.3) is 0 Å². The summed E-state index contributed by atoms with van der Waals surface area (Å²) in [5, 5.41) is 3.12. The molecule has 1 unspecified atom stereocenters. The average molecular weight is 399 g/mol. The maximum Gasteiger partial charge on any atom is 0.317 e. The molecule has 1 aromatic carbocycles. The number of hydrogen-bond acceptors (Lipinski definition) is 3. The molecule has 1 saturated carbocycles. The number of fused-ring (bicyclic) bond motifs is 1. The van der Waals surface area contributed by atoms with E-state index in [2.05, 4.69) is 5.32 Å². The second kappa shape index (κ2) is 8.43. The Labute approximate surface area is 172 Å². The first-order valence-corrected chi connectivity index (χ1v) is 10.7. The zero-order chi connectivity index (χ0) is 20.4. The number of carbonyl (C=O) groups excluding carboxylic acids is 3. The first-order valence-electron chi connectivity index (χ1n) is 10.7. The summed E-state index contributed by atoms with van der Waals surface area (Å²) < 4.78 is 0. The molecule has 1 atom stereocenters. The van der Waals surface area contributed by atoms with Gasteiger partial charge in [-0.05, 0) is 31.7 Å². The van der Waals surface area contributed by atoms with Gasteiger partial charge in [0.2, 0.25) is 11.8 Å². The minimum atomic E-state index is -0.467. The maximum atomic E-state index is 13.1. The lowest BCUT2D eigenvalue weighted by molar-refractivity contribution is -0.156. The maximum absolute atomic E-state index is 13.1. The summed E-state index contributed by atoms with van der Waals surface area (Å²) in [7, 11) is 0. The van der Waals surface area contributed by atoms with Crippen molar-refractivity contribution in [2.75, 3.05) is 26.2 Å². The predicted octanol–water partition coefficient (Wildman–Crippen LogP) is 1.89. The van der Waals surface area contributed by atoms with E-state index in [0.29, 0.717) is 32.6 Å². The number of nitrogens with one attached hydrogen (secondary N) is 1. The summed E-state index contributed by atoms with van der Waals surface area (Å²) in [6.07, 6.45) is 4.91. The number of carbonyl (C=O) groups is 3. The molecule has 0 radical (unpaired) electrons. The van der Waals surface area contributed by atoms with Crippen LogP contribution in [0.1, 0.15) is 43.2 Å². The van der Waals surface area contributed by atoms with Crippen molar-refractivity contribution < 1.29 is 14.4 Å². The Morgan fingerprint density at radius 2 is 1.90 bits per heavy atom. The molecular weight excluding hydrogens is 368 g/mol. The van der Waals surface area contributed by atoms with Gasteiger partial charge in [-0.25, -0.2) is 4.79 Å². The second-order valence-corrected chi connectivity index (χ2v) is 8.49. The van der Waals surface area contributed by atoms with Crippen LogP contribution in [0.25, 0.3) is 0 Å². The van der Waals surface area contributed by atoms with Gasteiger partial charge in [-0.3, -0.25) is 9.59 Å². The fraction of sp³-hybridized carbons (Fsp3) is 0.591. The highest BCUT2D eigenvalue weighted by Gasteiger charge is 2.41. The van der Waals surface area contributed by atoms with Crippen LogP contribution >= 0.6 is 0 Å². The lowest BCUT2D eigenvalue weighted by Gasteiger charge is -2.39. The minimum absolute atomic E-state index is 0.0100. The van der Waals surface area contributed by atoms with E-state index in [1.807, 2.05) is 31.2 Å². The van der Waals surface area contributed by atoms with Crippen molar-refractivity contribution in [1.82, 2.24) is 20.0 Å². The number of urea groups is 1. The van der Waals surface area contributed by atoms with E-state index in [0.717, 1.165) is 24.0 Å². The monoisotopic (exact) mass is 398 g/mol. The topological polar surface area (TPSA) is 73.0 Å². The summed E-state index contributed by atoms with van der Waals surface area (Å²) in [5.74, 6) is -0.0375. The highest BCUT2D eigenvalue weighted by molar-refractivity contribution is 5.95. The van der Waals surface area contributed by atoms with Crippen molar-refractivity contribution in [2.45, 2.75) is 57.7 Å². The molecule has 3 aliphatic rings. The molecule has 2 heterocycles. The number of benzene rings is 1. The van der Waals surface area contributed by atoms with Gasteiger partial charge in [0.15, 0.2) is 0 Å². The number of aryl methyl sites for hydroxylation is 1. The summed E-state index contributed by atoms with van der Waals surface area (Å²) in [4.78, 5) is 43.6. The minimum Gasteiger partial charge on any atom is -0.335 e. The predicted molar refractivity (Wildman–Crippen MR) is 109 cm³/mol. The molecule has 2 saturated heterocycles. The Kier molecular flexibility index (Phi) is 5.74. The van der Waals surface area contributed by atoms with Crippen molar-refractivity contribution in [3.63, 3.8) is 0 Å². The highest BCUT2D eigenvalue weighted by Crippen LogP contribution is 2.22. The van der Waals surface area contributed by atoms with Crippen molar-refractivity contribution in [2.24, 2.45) is 0 Å². The van der Waals surface area contributed by atoms with Gasteiger partial charge in [-0.2, -0.15) is 0 Å². The Morgan fingerprint density at radius 1 is 1.10 bits per heavy atom. The third-order valence-electron chi connectivity index (χ3n) is 6.33. The first kappa shape index (κ1) is 19.7. The smallest absolute Gasteiger partial charge is 0.317 e. The number of hydrogen-bond donors (Lipinski definition) is 1. The molecule has 1 N–H and O–H groups in total. The van der Waals surface area contributed by atoms with E-state index in [9.17, 15) is 14.4 Å². The number of rotatable bonds is 3. The van der Waals surface area contributed by atoms with Crippen LogP contribution in [0.5, 0.6) is 0 Å². The molecule has 1 aliphatic carbocycles. The molecule has 0 spiro atoms. The van der Waals surface area contributed by atoms with Crippen LogP contribution in [0.3, 0.4) is 0 Å². The molecule has 7 heteroatoms.